The van der Waals surface area contributed by atoms with Crippen LogP contribution in [0.4, 0.5) is 0 Å². The first-order valence-electron chi connectivity index (χ1n) is 4.15. The maximum atomic E-state index is 10.2. The molecule has 0 aliphatic rings. The highest BCUT2D eigenvalue weighted by Crippen LogP contribution is 2.18. The summed E-state index contributed by atoms with van der Waals surface area (Å²) in [7, 11) is 0. The number of aliphatic hydroxyl groups is 5. The Labute approximate surface area is 81.4 Å². The minimum absolute atomic E-state index is 0.0397. The Morgan fingerprint density at radius 2 is 1.64 bits per heavy atom. The molecule has 0 aromatic heterocycles. The van der Waals surface area contributed by atoms with Crippen LogP contribution < -0.4 is 0 Å². The van der Waals surface area contributed by atoms with Crippen LogP contribution in [0.2, 0.25) is 0 Å². The van der Waals surface area contributed by atoms with Gasteiger partial charge in [0.25, 0.3) is 0 Å². The summed E-state index contributed by atoms with van der Waals surface area (Å²) in [5, 5.41) is 45.9. The zero-order valence-electron chi connectivity index (χ0n) is 8.03. The maximum absolute atomic E-state index is 10.2. The van der Waals surface area contributed by atoms with Crippen molar-refractivity contribution in [1.82, 2.24) is 0 Å². The Morgan fingerprint density at radius 3 is 1.93 bits per heavy atom. The van der Waals surface area contributed by atoms with Gasteiger partial charge in [0.15, 0.2) is 6.29 Å². The van der Waals surface area contributed by atoms with Gasteiger partial charge >= 0.3 is 0 Å². The first kappa shape index (κ1) is 13.5. The fourth-order valence-corrected chi connectivity index (χ4v) is 0.922. The molecule has 0 aliphatic heterocycles. The summed E-state index contributed by atoms with van der Waals surface area (Å²) >= 11 is 0. The minimum atomic E-state index is -2.20. The predicted molar refractivity (Wildman–Crippen MR) is 46.4 cm³/mol. The van der Waals surface area contributed by atoms with Gasteiger partial charge in [-0.05, 0) is 13.8 Å². The molecule has 0 heterocycles. The molecule has 14 heavy (non-hydrogen) atoms. The van der Waals surface area contributed by atoms with E-state index in [4.69, 9.17) is 10.2 Å². The van der Waals surface area contributed by atoms with Crippen LogP contribution in [0.5, 0.6) is 0 Å². The first-order chi connectivity index (χ1) is 6.25. The van der Waals surface area contributed by atoms with Crippen molar-refractivity contribution in [1.29, 1.82) is 0 Å². The zero-order valence-corrected chi connectivity index (χ0v) is 8.03. The first-order valence-corrected chi connectivity index (χ1v) is 4.15. The van der Waals surface area contributed by atoms with Gasteiger partial charge in [-0.1, -0.05) is 0 Å². The number of aldehydes is 1. The van der Waals surface area contributed by atoms with E-state index < -0.39 is 30.0 Å². The second-order valence-electron chi connectivity index (χ2n) is 3.48. The molecule has 5 N–H and O–H groups in total. The Bertz CT molecular complexity index is 190. The van der Waals surface area contributed by atoms with Gasteiger partial charge in [-0.3, -0.25) is 0 Å². The van der Waals surface area contributed by atoms with E-state index >= 15 is 0 Å². The summed E-state index contributed by atoms with van der Waals surface area (Å²) in [6.45, 7) is 2.19. The Morgan fingerprint density at radius 1 is 1.21 bits per heavy atom. The van der Waals surface area contributed by atoms with Gasteiger partial charge < -0.3 is 30.3 Å². The second kappa shape index (κ2) is 4.81. The Hall–Kier alpha value is -0.530. The van der Waals surface area contributed by atoms with Crippen LogP contribution in [-0.2, 0) is 4.79 Å². The summed E-state index contributed by atoms with van der Waals surface area (Å²) in [4.78, 5) is 10.2. The van der Waals surface area contributed by atoms with Gasteiger partial charge in [0.1, 0.15) is 23.9 Å². The lowest BCUT2D eigenvalue weighted by molar-refractivity contribution is -0.181. The summed E-state index contributed by atoms with van der Waals surface area (Å²) in [6.07, 6.45) is -6.53. The molecule has 6 heteroatoms. The van der Waals surface area contributed by atoms with Crippen LogP contribution in [-0.4, -0.2) is 61.8 Å². The van der Waals surface area contributed by atoms with Crippen LogP contribution in [0.15, 0.2) is 0 Å². The van der Waals surface area contributed by atoms with Crippen molar-refractivity contribution >= 4 is 6.29 Å². The third-order valence-corrected chi connectivity index (χ3v) is 2.14. The molecule has 0 aromatic carbocycles. The van der Waals surface area contributed by atoms with E-state index in [0.29, 0.717) is 0 Å². The van der Waals surface area contributed by atoms with Gasteiger partial charge in [0.05, 0.1) is 6.10 Å². The van der Waals surface area contributed by atoms with E-state index in [1.54, 1.807) is 0 Å². The fraction of sp³-hybridized carbons (Fsp3) is 0.875. The lowest BCUT2D eigenvalue weighted by Crippen LogP contribution is -2.57. The van der Waals surface area contributed by atoms with Crippen molar-refractivity contribution in [3.63, 3.8) is 0 Å². The maximum Gasteiger partial charge on any atom is 0.151 e. The van der Waals surface area contributed by atoms with Crippen LogP contribution in [0.25, 0.3) is 0 Å². The molecule has 84 valence electrons. The number of aliphatic hydroxyl groups excluding tert-OH is 4. The van der Waals surface area contributed by atoms with Gasteiger partial charge in [-0.25, -0.2) is 0 Å². The van der Waals surface area contributed by atoms with Crippen molar-refractivity contribution < 1.29 is 30.3 Å². The van der Waals surface area contributed by atoms with E-state index in [1.807, 2.05) is 0 Å². The van der Waals surface area contributed by atoms with Gasteiger partial charge in [0.2, 0.25) is 0 Å². The monoisotopic (exact) mass is 208 g/mol. The molecule has 0 radical (unpaired) electrons. The Kier molecular flexibility index (Phi) is 4.63. The molecule has 0 fully saturated rings. The molecular weight excluding hydrogens is 192 g/mol. The summed E-state index contributed by atoms with van der Waals surface area (Å²) in [5.41, 5.74) is -2.20. The molecule has 5 atom stereocenters. The topological polar surface area (TPSA) is 118 Å². The van der Waals surface area contributed by atoms with E-state index in [0.717, 1.165) is 6.92 Å². The highest BCUT2D eigenvalue weighted by atomic mass is 16.4. The van der Waals surface area contributed by atoms with Crippen molar-refractivity contribution in [2.45, 2.75) is 43.9 Å². The minimum Gasteiger partial charge on any atom is -0.391 e. The quantitative estimate of drug-likeness (QED) is 0.316. The smallest absolute Gasteiger partial charge is 0.151 e. The second-order valence-corrected chi connectivity index (χ2v) is 3.48. The number of rotatable bonds is 5. The normalized spacial score (nSPS) is 24.5. The van der Waals surface area contributed by atoms with Crippen molar-refractivity contribution in [3.8, 4) is 0 Å². The van der Waals surface area contributed by atoms with E-state index in [9.17, 15) is 20.1 Å². The van der Waals surface area contributed by atoms with E-state index in [2.05, 4.69) is 0 Å². The molecule has 0 spiro atoms. The third-order valence-electron chi connectivity index (χ3n) is 2.14. The predicted octanol–water partition coefficient (Wildman–Crippen LogP) is -2.60. The molecule has 0 saturated carbocycles. The highest BCUT2D eigenvalue weighted by Gasteiger charge is 2.43. The number of hydrogen-bond donors (Lipinski definition) is 5. The van der Waals surface area contributed by atoms with Crippen LogP contribution in [0.3, 0.4) is 0 Å². The zero-order chi connectivity index (χ0) is 11.5. The highest BCUT2D eigenvalue weighted by molar-refractivity contribution is 5.58. The van der Waals surface area contributed by atoms with Crippen molar-refractivity contribution in [3.05, 3.63) is 0 Å². The van der Waals surface area contributed by atoms with Crippen molar-refractivity contribution in [2.75, 3.05) is 0 Å². The standard InChI is InChI=1S/C8H16O6/c1-4(10)6(12)7(13)8(2,14)5(11)3-9/h3-7,10-14H,1-2H3/t4?,5-,6-,7-,8-/m1/s1. The number of carbonyl (C=O) groups excluding carboxylic acids is 1. The van der Waals surface area contributed by atoms with E-state index in [1.165, 1.54) is 6.92 Å². The fourth-order valence-electron chi connectivity index (χ4n) is 0.922. The van der Waals surface area contributed by atoms with Gasteiger partial charge in [0, 0.05) is 0 Å². The third kappa shape index (κ3) is 2.73. The summed E-state index contributed by atoms with van der Waals surface area (Å²) in [6, 6.07) is 0. The molecular formula is C8H16O6. The average Bonchev–Trinajstić information content (AvgIpc) is 2.13. The molecule has 1 unspecified atom stereocenters. The molecule has 0 aromatic rings. The van der Waals surface area contributed by atoms with Crippen LogP contribution >= 0.6 is 0 Å². The van der Waals surface area contributed by atoms with Gasteiger partial charge in [-0.2, -0.15) is 0 Å². The van der Waals surface area contributed by atoms with Crippen LogP contribution in [0.1, 0.15) is 13.8 Å². The molecule has 0 saturated heterocycles. The molecule has 6 nitrogen and oxygen atoms in total. The SMILES string of the molecule is CC(O)[C@@H](O)[C@@H](O)[C@](C)(O)[C@H](O)C=O. The lowest BCUT2D eigenvalue weighted by Gasteiger charge is -2.34. The summed E-state index contributed by atoms with van der Waals surface area (Å²) in [5.74, 6) is 0. The van der Waals surface area contributed by atoms with Crippen molar-refractivity contribution in [2.24, 2.45) is 0 Å². The summed E-state index contributed by atoms with van der Waals surface area (Å²) < 4.78 is 0. The van der Waals surface area contributed by atoms with Crippen LogP contribution in [0, 0.1) is 0 Å². The molecule has 0 amide bonds. The number of hydrogen-bond acceptors (Lipinski definition) is 6. The molecule has 0 aliphatic carbocycles. The average molecular weight is 208 g/mol. The lowest BCUT2D eigenvalue weighted by atomic mass is 9.88. The number of carbonyl (C=O) groups is 1. The molecule has 0 bridgehead atoms. The van der Waals surface area contributed by atoms with Gasteiger partial charge in [-0.15, -0.1) is 0 Å². The largest absolute Gasteiger partial charge is 0.391 e. The van der Waals surface area contributed by atoms with E-state index in [-0.39, 0.29) is 6.29 Å². The molecule has 0 rings (SSSR count). The Balaban J connectivity index is 4.64.